The molecule has 0 unspecified atom stereocenters. The van der Waals surface area contributed by atoms with E-state index in [0.717, 1.165) is 37.1 Å². The first-order chi connectivity index (χ1) is 8.54. The van der Waals surface area contributed by atoms with Gasteiger partial charge in [0.05, 0.1) is 5.57 Å². The predicted octanol–water partition coefficient (Wildman–Crippen LogP) is 2.39. The number of aliphatic carboxylic acids is 1. The molecule has 1 N–H and O–H groups in total. The molecule has 1 saturated heterocycles. The molecule has 2 aliphatic rings. The number of nitrogens with zero attached hydrogens (tertiary/aromatic N) is 1. The molecule has 1 spiro atoms. The van der Waals surface area contributed by atoms with E-state index in [1.165, 1.54) is 0 Å². The zero-order valence-corrected chi connectivity index (χ0v) is 10.8. The van der Waals surface area contributed by atoms with Crippen LogP contribution in [0.5, 0.6) is 0 Å². The van der Waals surface area contributed by atoms with E-state index < -0.39 is 5.97 Å². The third-order valence-electron chi connectivity index (χ3n) is 4.06. The van der Waals surface area contributed by atoms with Crippen LogP contribution in [0.2, 0.25) is 0 Å². The number of hydrogen-bond donors (Lipinski definition) is 1. The topological polar surface area (TPSA) is 40.5 Å². The minimum atomic E-state index is -0.875. The molecule has 1 fully saturated rings. The summed E-state index contributed by atoms with van der Waals surface area (Å²) in [7, 11) is 2.09. The Bertz CT molecular complexity index is 463. The lowest BCUT2D eigenvalue weighted by atomic mass is 9.74. The normalized spacial score (nSPS) is 23.1. The first-order valence-corrected chi connectivity index (χ1v) is 6.19. The summed E-state index contributed by atoms with van der Waals surface area (Å²) >= 11 is 0. The Morgan fingerprint density at radius 3 is 2.44 bits per heavy atom. The van der Waals surface area contributed by atoms with Crippen LogP contribution >= 0.6 is 0 Å². The van der Waals surface area contributed by atoms with E-state index in [-0.39, 0.29) is 5.41 Å². The zero-order valence-electron chi connectivity index (χ0n) is 10.8. The van der Waals surface area contributed by atoms with Crippen molar-refractivity contribution in [3.05, 3.63) is 48.1 Å². The Morgan fingerprint density at radius 1 is 1.39 bits per heavy atom. The van der Waals surface area contributed by atoms with Crippen molar-refractivity contribution in [1.29, 1.82) is 0 Å². The highest BCUT2D eigenvalue weighted by molar-refractivity contribution is 5.95. The molecular weight excluding hydrogens is 226 g/mol. The smallest absolute Gasteiger partial charge is 0.336 e. The molecule has 0 aromatic rings. The van der Waals surface area contributed by atoms with Crippen molar-refractivity contribution in [2.45, 2.75) is 12.8 Å². The maximum atomic E-state index is 11.3. The fraction of sp³-hybridized carbons (Fsp3) is 0.400. The fourth-order valence-corrected chi connectivity index (χ4v) is 2.99. The average molecular weight is 245 g/mol. The molecule has 18 heavy (non-hydrogen) atoms. The van der Waals surface area contributed by atoms with E-state index in [0.29, 0.717) is 5.57 Å². The summed E-state index contributed by atoms with van der Waals surface area (Å²) in [6.45, 7) is 9.56. The molecule has 2 rings (SSSR count). The predicted molar refractivity (Wildman–Crippen MR) is 72.3 cm³/mol. The molecule has 0 bridgehead atoms. The van der Waals surface area contributed by atoms with Crippen LogP contribution in [-0.4, -0.2) is 36.1 Å². The van der Waals surface area contributed by atoms with Gasteiger partial charge in [0.1, 0.15) is 0 Å². The van der Waals surface area contributed by atoms with Gasteiger partial charge in [0.15, 0.2) is 0 Å². The molecule has 0 aromatic heterocycles. The second-order valence-corrected chi connectivity index (χ2v) is 5.06. The Hall–Kier alpha value is -1.61. The highest BCUT2D eigenvalue weighted by Crippen LogP contribution is 2.49. The molecule has 0 saturated carbocycles. The number of rotatable bonds is 3. The van der Waals surface area contributed by atoms with Crippen LogP contribution in [0.3, 0.4) is 0 Å². The molecule has 3 heteroatoms. The van der Waals surface area contributed by atoms with Gasteiger partial charge in [-0.25, -0.2) is 4.79 Å². The largest absolute Gasteiger partial charge is 0.478 e. The summed E-state index contributed by atoms with van der Waals surface area (Å²) in [5, 5.41) is 9.30. The van der Waals surface area contributed by atoms with Gasteiger partial charge in [0, 0.05) is 5.41 Å². The quantitative estimate of drug-likeness (QED) is 0.830. The second kappa shape index (κ2) is 4.58. The number of carbonyl (C=O) groups is 1. The summed E-state index contributed by atoms with van der Waals surface area (Å²) in [6, 6.07) is 0. The van der Waals surface area contributed by atoms with Crippen LogP contribution in [-0.2, 0) is 4.79 Å². The van der Waals surface area contributed by atoms with E-state index in [1.807, 2.05) is 6.08 Å². The summed E-state index contributed by atoms with van der Waals surface area (Å²) in [6.07, 6.45) is 7.24. The van der Waals surface area contributed by atoms with Gasteiger partial charge in [0.25, 0.3) is 0 Å². The number of likely N-dealkylation sites (tertiary alicyclic amines) is 1. The summed E-state index contributed by atoms with van der Waals surface area (Å²) in [5.74, 6) is -0.875. The maximum Gasteiger partial charge on any atom is 0.336 e. The Balaban J connectivity index is 2.48. The lowest BCUT2D eigenvalue weighted by Crippen LogP contribution is -2.37. The fourth-order valence-electron chi connectivity index (χ4n) is 2.99. The molecule has 3 nitrogen and oxygen atoms in total. The second-order valence-electron chi connectivity index (χ2n) is 5.06. The summed E-state index contributed by atoms with van der Waals surface area (Å²) in [5.41, 5.74) is 2.00. The molecule has 0 amide bonds. The van der Waals surface area contributed by atoms with Gasteiger partial charge < -0.3 is 10.0 Å². The van der Waals surface area contributed by atoms with Crippen molar-refractivity contribution >= 4 is 5.97 Å². The van der Waals surface area contributed by atoms with Gasteiger partial charge in [-0.1, -0.05) is 31.4 Å². The Labute approximate surface area is 108 Å². The van der Waals surface area contributed by atoms with Gasteiger partial charge in [-0.15, -0.1) is 0 Å². The third-order valence-corrected chi connectivity index (χ3v) is 4.06. The summed E-state index contributed by atoms with van der Waals surface area (Å²) in [4.78, 5) is 13.6. The number of carboxylic acid groups (broad SMARTS) is 1. The SMILES string of the molecule is C=CC1=C(C=C)C2(C=C1C(=O)O)CCN(C)CC2. The van der Waals surface area contributed by atoms with Crippen molar-refractivity contribution in [3.8, 4) is 0 Å². The Kier molecular flexibility index (Phi) is 3.26. The van der Waals surface area contributed by atoms with Crippen molar-refractivity contribution in [1.82, 2.24) is 4.90 Å². The van der Waals surface area contributed by atoms with E-state index in [9.17, 15) is 9.90 Å². The van der Waals surface area contributed by atoms with Gasteiger partial charge in [-0.2, -0.15) is 0 Å². The van der Waals surface area contributed by atoms with Crippen LogP contribution < -0.4 is 0 Å². The molecule has 0 radical (unpaired) electrons. The van der Waals surface area contributed by atoms with E-state index >= 15 is 0 Å². The molecule has 1 aliphatic heterocycles. The first kappa shape index (κ1) is 12.8. The number of allylic oxidation sites excluding steroid dienone is 4. The molecular formula is C15H19NO2. The lowest BCUT2D eigenvalue weighted by Gasteiger charge is -2.38. The van der Waals surface area contributed by atoms with Crippen molar-refractivity contribution in [2.75, 3.05) is 20.1 Å². The van der Waals surface area contributed by atoms with Crippen LogP contribution in [0.1, 0.15) is 12.8 Å². The van der Waals surface area contributed by atoms with Crippen molar-refractivity contribution < 1.29 is 9.90 Å². The zero-order chi connectivity index (χ0) is 13.3. The maximum absolute atomic E-state index is 11.3. The number of hydrogen-bond acceptors (Lipinski definition) is 2. The van der Waals surface area contributed by atoms with Crippen LogP contribution in [0.25, 0.3) is 0 Å². The molecule has 1 aliphatic carbocycles. The van der Waals surface area contributed by atoms with Crippen molar-refractivity contribution in [2.24, 2.45) is 5.41 Å². The minimum absolute atomic E-state index is 0.147. The van der Waals surface area contributed by atoms with E-state index in [4.69, 9.17) is 0 Å². The highest BCUT2D eigenvalue weighted by atomic mass is 16.4. The molecule has 0 atom stereocenters. The Morgan fingerprint density at radius 2 is 2.00 bits per heavy atom. The molecule has 1 heterocycles. The molecule has 96 valence electrons. The van der Waals surface area contributed by atoms with Gasteiger partial charge >= 0.3 is 5.97 Å². The van der Waals surface area contributed by atoms with Crippen molar-refractivity contribution in [3.63, 3.8) is 0 Å². The van der Waals surface area contributed by atoms with Crippen LogP contribution in [0.4, 0.5) is 0 Å². The van der Waals surface area contributed by atoms with Gasteiger partial charge in [0.2, 0.25) is 0 Å². The van der Waals surface area contributed by atoms with Gasteiger partial charge in [-0.3, -0.25) is 0 Å². The van der Waals surface area contributed by atoms with Gasteiger partial charge in [-0.05, 0) is 44.1 Å². The molecule has 0 aromatic carbocycles. The number of piperidine rings is 1. The average Bonchev–Trinajstić information content (AvgIpc) is 2.67. The third kappa shape index (κ3) is 1.85. The van der Waals surface area contributed by atoms with Crippen LogP contribution in [0, 0.1) is 5.41 Å². The van der Waals surface area contributed by atoms with E-state index in [2.05, 4.69) is 25.1 Å². The summed E-state index contributed by atoms with van der Waals surface area (Å²) < 4.78 is 0. The standard InChI is InChI=1S/C15H19NO2/c1-4-11-12(14(17)18)10-15(13(11)5-2)6-8-16(3)9-7-15/h4-5,10H,1-2,6-9H2,3H3,(H,17,18). The first-order valence-electron chi connectivity index (χ1n) is 6.19. The minimum Gasteiger partial charge on any atom is -0.478 e. The lowest BCUT2D eigenvalue weighted by molar-refractivity contribution is -0.132. The monoisotopic (exact) mass is 245 g/mol. The van der Waals surface area contributed by atoms with Crippen LogP contribution in [0.15, 0.2) is 48.1 Å². The highest BCUT2D eigenvalue weighted by Gasteiger charge is 2.41. The van der Waals surface area contributed by atoms with E-state index in [1.54, 1.807) is 12.2 Å². The number of carboxylic acids is 1.